The van der Waals surface area contributed by atoms with Gasteiger partial charge in [0.15, 0.2) is 5.69 Å². The number of nitrogens with zero attached hydrogens (tertiary/aromatic N) is 3. The molecule has 2 aromatic carbocycles. The number of carbonyl (C=O) groups excluding carboxylic acids is 1. The SMILES string of the molecule is C#Cc1ccc2c(c1)C(c1ccccc1Br)=N[C@@H](C)c1c(C(N)=O)ncn1-2. The van der Waals surface area contributed by atoms with Crippen molar-refractivity contribution in [2.24, 2.45) is 10.7 Å². The molecule has 2 heterocycles. The molecular weight excluding hydrogens is 404 g/mol. The molecule has 5 nitrogen and oxygen atoms in total. The second kappa shape index (κ2) is 6.53. The van der Waals surface area contributed by atoms with Crippen LogP contribution < -0.4 is 5.73 Å². The van der Waals surface area contributed by atoms with E-state index in [0.29, 0.717) is 5.69 Å². The van der Waals surface area contributed by atoms with Crippen molar-refractivity contribution in [2.45, 2.75) is 13.0 Å². The van der Waals surface area contributed by atoms with Crippen LogP contribution in [0.3, 0.4) is 0 Å². The molecule has 0 unspecified atom stereocenters. The van der Waals surface area contributed by atoms with Gasteiger partial charge < -0.3 is 5.73 Å². The Balaban J connectivity index is 2.08. The van der Waals surface area contributed by atoms with E-state index < -0.39 is 5.91 Å². The average molecular weight is 419 g/mol. The van der Waals surface area contributed by atoms with Gasteiger partial charge in [0, 0.05) is 21.2 Å². The van der Waals surface area contributed by atoms with Crippen LogP contribution in [0.25, 0.3) is 5.69 Å². The number of rotatable bonds is 2. The van der Waals surface area contributed by atoms with E-state index in [-0.39, 0.29) is 11.7 Å². The van der Waals surface area contributed by atoms with Crippen LogP contribution in [0.15, 0.2) is 58.3 Å². The molecule has 0 bridgehead atoms. The Hall–Kier alpha value is -3.17. The number of primary amides is 1. The fraction of sp³-hybridized carbons (Fsp3) is 0.0952. The Morgan fingerprint density at radius 3 is 2.74 bits per heavy atom. The van der Waals surface area contributed by atoms with E-state index in [0.717, 1.165) is 32.6 Å². The van der Waals surface area contributed by atoms with E-state index in [1.54, 1.807) is 6.33 Å². The van der Waals surface area contributed by atoms with Crippen LogP contribution in [-0.4, -0.2) is 21.2 Å². The van der Waals surface area contributed by atoms with Crippen LogP contribution in [-0.2, 0) is 0 Å². The van der Waals surface area contributed by atoms with Crippen LogP contribution in [0.1, 0.15) is 45.8 Å². The summed E-state index contributed by atoms with van der Waals surface area (Å²) in [4.78, 5) is 21.0. The molecule has 132 valence electrons. The zero-order valence-electron chi connectivity index (χ0n) is 14.5. The van der Waals surface area contributed by atoms with Gasteiger partial charge >= 0.3 is 0 Å². The summed E-state index contributed by atoms with van der Waals surface area (Å²) in [6, 6.07) is 13.3. The number of nitrogens with two attached hydrogens (primary N) is 1. The van der Waals surface area contributed by atoms with E-state index >= 15 is 0 Å². The molecule has 27 heavy (non-hydrogen) atoms. The Morgan fingerprint density at radius 2 is 2.04 bits per heavy atom. The fourth-order valence-corrected chi connectivity index (χ4v) is 3.83. The molecule has 3 aromatic rings. The smallest absolute Gasteiger partial charge is 0.269 e. The summed E-state index contributed by atoms with van der Waals surface area (Å²) < 4.78 is 2.79. The number of fused-ring (bicyclic) bond motifs is 3. The molecule has 1 atom stereocenters. The zero-order chi connectivity index (χ0) is 19.1. The van der Waals surface area contributed by atoms with Crippen molar-refractivity contribution in [3.8, 4) is 18.0 Å². The first-order valence-corrected chi connectivity index (χ1v) is 9.11. The lowest BCUT2D eigenvalue weighted by molar-refractivity contribution is 0.0994. The standard InChI is InChI=1S/C21H15BrN4O/c1-3-13-8-9-17-15(10-13)18(14-6-4-5-7-16(14)22)25-12(2)20-19(21(23)27)24-11-26(17)20/h1,4-12H,2H3,(H2,23,27)/t12-/m0/s1. The van der Waals surface area contributed by atoms with E-state index in [1.165, 1.54) is 0 Å². The number of halogens is 1. The largest absolute Gasteiger partial charge is 0.364 e. The van der Waals surface area contributed by atoms with Gasteiger partial charge in [-0.25, -0.2) is 4.98 Å². The maximum absolute atomic E-state index is 11.9. The summed E-state index contributed by atoms with van der Waals surface area (Å²) in [5.41, 5.74) is 10.6. The number of terminal acetylenes is 1. The Bertz CT molecular complexity index is 1150. The van der Waals surface area contributed by atoms with Crippen molar-refractivity contribution in [2.75, 3.05) is 0 Å². The number of hydrogen-bond acceptors (Lipinski definition) is 3. The van der Waals surface area contributed by atoms with Crippen LogP contribution >= 0.6 is 15.9 Å². The van der Waals surface area contributed by atoms with Gasteiger partial charge in [0.05, 0.1) is 23.1 Å². The van der Waals surface area contributed by atoms with Crippen LogP contribution in [0.2, 0.25) is 0 Å². The number of aliphatic imine (C=N–C) groups is 1. The third-order valence-corrected chi connectivity index (χ3v) is 5.25. The molecule has 0 radical (unpaired) electrons. The first-order valence-electron chi connectivity index (χ1n) is 8.32. The first-order chi connectivity index (χ1) is 13.0. The predicted molar refractivity (Wildman–Crippen MR) is 108 cm³/mol. The van der Waals surface area contributed by atoms with Crippen molar-refractivity contribution in [1.29, 1.82) is 0 Å². The molecule has 2 N–H and O–H groups in total. The van der Waals surface area contributed by atoms with Gasteiger partial charge in [-0.15, -0.1) is 6.42 Å². The fourth-order valence-electron chi connectivity index (χ4n) is 3.36. The second-order valence-corrected chi connectivity index (χ2v) is 7.08. The van der Waals surface area contributed by atoms with E-state index in [2.05, 4.69) is 26.8 Å². The first kappa shape index (κ1) is 17.3. The number of aromatic nitrogens is 2. The zero-order valence-corrected chi connectivity index (χ0v) is 16.1. The summed E-state index contributed by atoms with van der Waals surface area (Å²) in [5.74, 6) is 2.10. The van der Waals surface area contributed by atoms with Crippen molar-refractivity contribution in [3.63, 3.8) is 0 Å². The van der Waals surface area contributed by atoms with Gasteiger partial charge in [-0.05, 0) is 31.2 Å². The molecule has 0 aliphatic carbocycles. The summed E-state index contributed by atoms with van der Waals surface area (Å²) >= 11 is 3.61. The minimum atomic E-state index is -0.572. The van der Waals surface area contributed by atoms with Crippen LogP contribution in [0.4, 0.5) is 0 Å². The number of benzene rings is 2. The second-order valence-electron chi connectivity index (χ2n) is 6.22. The number of carbonyl (C=O) groups is 1. The number of hydrogen-bond donors (Lipinski definition) is 1. The summed E-state index contributed by atoms with van der Waals surface area (Å²) in [6.45, 7) is 1.92. The summed E-state index contributed by atoms with van der Waals surface area (Å²) in [7, 11) is 0. The molecule has 1 aliphatic rings. The quantitative estimate of drug-likeness (QED) is 0.645. The van der Waals surface area contributed by atoms with E-state index in [9.17, 15) is 4.79 Å². The number of imidazole rings is 1. The molecule has 1 aromatic heterocycles. The Labute approximate surface area is 165 Å². The van der Waals surface area contributed by atoms with Gasteiger partial charge in [0.25, 0.3) is 5.91 Å². The van der Waals surface area contributed by atoms with Crippen molar-refractivity contribution in [3.05, 3.63) is 81.3 Å². The molecule has 0 fully saturated rings. The van der Waals surface area contributed by atoms with Crippen molar-refractivity contribution in [1.82, 2.24) is 9.55 Å². The van der Waals surface area contributed by atoms with E-state index in [4.69, 9.17) is 17.1 Å². The molecule has 0 saturated heterocycles. The third kappa shape index (κ3) is 2.77. The average Bonchev–Trinajstić information content (AvgIpc) is 3.07. The topological polar surface area (TPSA) is 73.3 Å². The maximum atomic E-state index is 11.9. The molecule has 0 saturated carbocycles. The Kier molecular flexibility index (Phi) is 4.17. The highest BCUT2D eigenvalue weighted by molar-refractivity contribution is 9.10. The van der Waals surface area contributed by atoms with Gasteiger partial charge in [0.2, 0.25) is 0 Å². The summed E-state index contributed by atoms with van der Waals surface area (Å²) in [5, 5.41) is 0. The molecular formula is C21H15BrN4O. The lowest BCUT2D eigenvalue weighted by atomic mass is 9.98. The molecule has 0 spiro atoms. The van der Waals surface area contributed by atoms with Crippen LogP contribution in [0, 0.1) is 12.3 Å². The highest BCUT2D eigenvalue weighted by Gasteiger charge is 2.28. The van der Waals surface area contributed by atoms with Gasteiger partial charge in [-0.1, -0.05) is 40.0 Å². The molecule has 6 heteroatoms. The van der Waals surface area contributed by atoms with Gasteiger partial charge in [-0.3, -0.25) is 14.4 Å². The maximum Gasteiger partial charge on any atom is 0.269 e. The van der Waals surface area contributed by atoms with Crippen molar-refractivity contribution < 1.29 is 4.79 Å². The van der Waals surface area contributed by atoms with Gasteiger partial charge in [0.1, 0.15) is 6.33 Å². The van der Waals surface area contributed by atoms with Crippen molar-refractivity contribution >= 4 is 27.5 Å². The number of amides is 1. The highest BCUT2D eigenvalue weighted by atomic mass is 79.9. The molecule has 1 amide bonds. The summed E-state index contributed by atoms with van der Waals surface area (Å²) in [6.07, 6.45) is 7.23. The minimum absolute atomic E-state index is 0.228. The Morgan fingerprint density at radius 1 is 1.26 bits per heavy atom. The molecule has 1 aliphatic heterocycles. The van der Waals surface area contributed by atoms with E-state index in [1.807, 2.05) is 54.0 Å². The lowest BCUT2D eigenvalue weighted by Crippen LogP contribution is -2.15. The van der Waals surface area contributed by atoms with Crippen LogP contribution in [0.5, 0.6) is 0 Å². The molecule has 4 rings (SSSR count). The normalized spacial score (nSPS) is 15.1. The van der Waals surface area contributed by atoms with Gasteiger partial charge in [-0.2, -0.15) is 0 Å². The third-order valence-electron chi connectivity index (χ3n) is 4.56. The monoisotopic (exact) mass is 418 g/mol. The minimum Gasteiger partial charge on any atom is -0.364 e. The lowest BCUT2D eigenvalue weighted by Gasteiger charge is -2.13. The predicted octanol–water partition coefficient (Wildman–Crippen LogP) is 3.63. The highest BCUT2D eigenvalue weighted by Crippen LogP contribution is 2.34.